The van der Waals surface area contributed by atoms with Gasteiger partial charge in [0.25, 0.3) is 5.91 Å². The number of hydrogen-bond donors (Lipinski definition) is 2. The fourth-order valence-electron chi connectivity index (χ4n) is 5.17. The lowest BCUT2D eigenvalue weighted by Crippen LogP contribution is -2.54. The second kappa shape index (κ2) is 9.68. The van der Waals surface area contributed by atoms with Crippen LogP contribution >= 0.6 is 0 Å². The lowest BCUT2D eigenvalue weighted by Gasteiger charge is -2.39. The molecule has 188 valence electrons. The number of pyridine rings is 1. The highest BCUT2D eigenvalue weighted by molar-refractivity contribution is 6.00. The number of aromatic nitrogens is 1. The summed E-state index contributed by atoms with van der Waals surface area (Å²) in [4.78, 5) is 44.9. The average Bonchev–Trinajstić information content (AvgIpc) is 3.14. The van der Waals surface area contributed by atoms with Crippen molar-refractivity contribution in [3.8, 4) is 5.75 Å². The van der Waals surface area contributed by atoms with Crippen LogP contribution in [-0.4, -0.2) is 50.6 Å². The second-order valence-corrected chi connectivity index (χ2v) is 10.6. The number of carboxylic acid groups (broad SMARTS) is 2. The third-order valence-corrected chi connectivity index (χ3v) is 6.61. The van der Waals surface area contributed by atoms with Crippen LogP contribution in [0.5, 0.6) is 5.75 Å². The van der Waals surface area contributed by atoms with Gasteiger partial charge in [-0.1, -0.05) is 46.8 Å². The van der Waals surface area contributed by atoms with Crippen molar-refractivity contribution in [2.24, 2.45) is 11.8 Å². The molecule has 1 saturated heterocycles. The maximum absolute atomic E-state index is 14.1. The molecule has 3 rings (SSSR count). The summed E-state index contributed by atoms with van der Waals surface area (Å²) in [5.41, 5.74) is -0.468. The molecule has 1 amide bonds. The smallest absolute Gasteiger partial charge is 0.329 e. The molecule has 8 heteroatoms. The van der Waals surface area contributed by atoms with E-state index >= 15 is 0 Å². The van der Waals surface area contributed by atoms with E-state index < -0.39 is 35.3 Å². The van der Waals surface area contributed by atoms with Crippen LogP contribution in [0.4, 0.5) is 0 Å². The molecule has 0 radical (unpaired) electrons. The van der Waals surface area contributed by atoms with Crippen LogP contribution < -0.4 is 4.74 Å². The number of carboxylic acids is 2. The number of amides is 1. The summed E-state index contributed by atoms with van der Waals surface area (Å²) in [6, 6.07) is 9.05. The van der Waals surface area contributed by atoms with Gasteiger partial charge in [0, 0.05) is 11.8 Å². The first kappa shape index (κ1) is 26.2. The lowest BCUT2D eigenvalue weighted by molar-refractivity contribution is -0.150. The second-order valence-electron chi connectivity index (χ2n) is 10.6. The molecule has 0 spiro atoms. The molecule has 35 heavy (non-hydrogen) atoms. The van der Waals surface area contributed by atoms with Crippen molar-refractivity contribution in [2.75, 3.05) is 7.11 Å². The Morgan fingerprint density at radius 1 is 1.17 bits per heavy atom. The zero-order valence-corrected chi connectivity index (χ0v) is 21.1. The summed E-state index contributed by atoms with van der Waals surface area (Å²) >= 11 is 0. The van der Waals surface area contributed by atoms with Gasteiger partial charge in [-0.15, -0.1) is 0 Å². The molecule has 1 fully saturated rings. The summed E-state index contributed by atoms with van der Waals surface area (Å²) in [6.07, 6.45) is 1.42. The van der Waals surface area contributed by atoms with E-state index in [1.165, 1.54) is 18.2 Å². The van der Waals surface area contributed by atoms with Crippen molar-refractivity contribution < 1.29 is 29.3 Å². The van der Waals surface area contributed by atoms with Crippen LogP contribution in [0.15, 0.2) is 42.6 Å². The zero-order valence-electron chi connectivity index (χ0n) is 21.1. The molecular formula is C27H34N2O6. The fourth-order valence-corrected chi connectivity index (χ4v) is 5.17. The molecule has 1 aliphatic heterocycles. The number of rotatable bonds is 7. The van der Waals surface area contributed by atoms with Gasteiger partial charge in [-0.2, -0.15) is 0 Å². The van der Waals surface area contributed by atoms with Crippen molar-refractivity contribution in [1.82, 2.24) is 9.88 Å². The average molecular weight is 483 g/mol. The van der Waals surface area contributed by atoms with Crippen LogP contribution in [0.3, 0.4) is 0 Å². The van der Waals surface area contributed by atoms with Gasteiger partial charge in [-0.05, 0) is 54.0 Å². The van der Waals surface area contributed by atoms with E-state index in [-0.39, 0.29) is 29.7 Å². The Morgan fingerprint density at radius 3 is 2.34 bits per heavy atom. The minimum absolute atomic E-state index is 0.101. The summed E-state index contributed by atoms with van der Waals surface area (Å²) in [7, 11) is 1.52. The highest BCUT2D eigenvalue weighted by Gasteiger charge is 2.61. The van der Waals surface area contributed by atoms with Gasteiger partial charge in [0.2, 0.25) is 0 Å². The zero-order chi connectivity index (χ0) is 26.1. The predicted octanol–water partition coefficient (Wildman–Crippen LogP) is 4.55. The molecule has 2 heterocycles. The number of carbonyl (C=O) groups is 3. The van der Waals surface area contributed by atoms with E-state index in [1.54, 1.807) is 36.4 Å². The number of methoxy groups -OCH3 is 1. The summed E-state index contributed by atoms with van der Waals surface area (Å²) < 4.78 is 5.57. The van der Waals surface area contributed by atoms with Gasteiger partial charge in [0.15, 0.2) is 0 Å². The van der Waals surface area contributed by atoms with Gasteiger partial charge < -0.3 is 19.8 Å². The summed E-state index contributed by atoms with van der Waals surface area (Å²) in [6.45, 7) is 9.80. The highest BCUT2D eigenvalue weighted by Crippen LogP contribution is 2.50. The van der Waals surface area contributed by atoms with Gasteiger partial charge in [0.05, 0.1) is 24.8 Å². The Balaban J connectivity index is 2.25. The van der Waals surface area contributed by atoms with Crippen LogP contribution in [0.1, 0.15) is 75.1 Å². The van der Waals surface area contributed by atoms with Crippen molar-refractivity contribution in [3.05, 3.63) is 59.4 Å². The molecule has 3 atom stereocenters. The molecule has 2 aromatic rings. The van der Waals surface area contributed by atoms with E-state index in [4.69, 9.17) is 4.74 Å². The van der Waals surface area contributed by atoms with Crippen LogP contribution in [0.25, 0.3) is 0 Å². The molecule has 0 unspecified atom stereocenters. The molecule has 0 aliphatic carbocycles. The minimum Gasteiger partial charge on any atom is -0.496 e. The molecule has 1 aromatic carbocycles. The van der Waals surface area contributed by atoms with Crippen LogP contribution in [-0.2, 0) is 15.0 Å². The first-order valence-electron chi connectivity index (χ1n) is 11.7. The Kier molecular flexibility index (Phi) is 7.24. The summed E-state index contributed by atoms with van der Waals surface area (Å²) in [5, 5.41) is 20.6. The number of carbonyl (C=O) groups excluding carboxylic acids is 1. The third kappa shape index (κ3) is 4.88. The lowest BCUT2D eigenvalue weighted by atomic mass is 9.83. The van der Waals surface area contributed by atoms with E-state index in [9.17, 15) is 24.6 Å². The largest absolute Gasteiger partial charge is 0.496 e. The Hall–Kier alpha value is -3.42. The summed E-state index contributed by atoms with van der Waals surface area (Å²) in [5.74, 6) is -3.66. The van der Waals surface area contributed by atoms with Crippen molar-refractivity contribution >= 4 is 17.8 Å². The van der Waals surface area contributed by atoms with Gasteiger partial charge in [0.1, 0.15) is 11.3 Å². The van der Waals surface area contributed by atoms with Crippen molar-refractivity contribution in [3.63, 3.8) is 0 Å². The van der Waals surface area contributed by atoms with Crippen LogP contribution in [0, 0.1) is 11.8 Å². The van der Waals surface area contributed by atoms with E-state index in [2.05, 4.69) is 4.98 Å². The maximum atomic E-state index is 14.1. The number of aliphatic carboxylic acids is 2. The molecule has 1 aliphatic rings. The van der Waals surface area contributed by atoms with E-state index in [0.717, 1.165) is 5.56 Å². The SMILES string of the molecule is COc1cc(C(=O)N2[C@@H](c3ccccn3)[C@@H](C(=O)O)C[C@@]2(CC(C)C)C(=O)O)ccc1C(C)(C)C. The van der Waals surface area contributed by atoms with Crippen molar-refractivity contribution in [2.45, 2.75) is 64.5 Å². The Bertz CT molecular complexity index is 1110. The third-order valence-electron chi connectivity index (χ3n) is 6.61. The molecule has 0 bridgehead atoms. The number of benzene rings is 1. The molecule has 8 nitrogen and oxygen atoms in total. The highest BCUT2D eigenvalue weighted by atomic mass is 16.5. The standard InChI is InChI=1S/C27H34N2O6/c1-16(2)14-27(25(33)34)15-18(24(31)32)22(20-9-7-8-12-28-20)29(27)23(30)17-10-11-19(26(3,4)5)21(13-17)35-6/h7-13,16,18,22H,14-15H2,1-6H3,(H,31,32)(H,33,34)/t18-,22+,27-/m0/s1. The topological polar surface area (TPSA) is 117 Å². The number of ether oxygens (including phenoxy) is 1. The first-order valence-corrected chi connectivity index (χ1v) is 11.7. The number of hydrogen-bond acceptors (Lipinski definition) is 5. The van der Waals surface area contributed by atoms with Crippen LogP contribution in [0.2, 0.25) is 0 Å². The van der Waals surface area contributed by atoms with Crippen molar-refractivity contribution in [1.29, 1.82) is 0 Å². The minimum atomic E-state index is -1.70. The maximum Gasteiger partial charge on any atom is 0.329 e. The van der Waals surface area contributed by atoms with E-state index in [1.807, 2.05) is 34.6 Å². The van der Waals surface area contributed by atoms with Gasteiger partial charge in [-0.25, -0.2) is 4.79 Å². The molecule has 0 saturated carbocycles. The van der Waals surface area contributed by atoms with Gasteiger partial charge in [-0.3, -0.25) is 14.6 Å². The monoisotopic (exact) mass is 482 g/mol. The fraction of sp³-hybridized carbons (Fsp3) is 0.481. The first-order chi connectivity index (χ1) is 16.3. The normalized spacial score (nSPS) is 22.3. The quantitative estimate of drug-likeness (QED) is 0.595. The molecule has 2 N–H and O–H groups in total. The van der Waals surface area contributed by atoms with E-state index in [0.29, 0.717) is 11.4 Å². The number of nitrogens with zero attached hydrogens (tertiary/aromatic N) is 2. The number of likely N-dealkylation sites (tertiary alicyclic amines) is 1. The Labute approximate surface area is 205 Å². The molecule has 1 aromatic heterocycles. The predicted molar refractivity (Wildman–Crippen MR) is 130 cm³/mol. The molecular weight excluding hydrogens is 448 g/mol. The Morgan fingerprint density at radius 2 is 1.86 bits per heavy atom. The van der Waals surface area contributed by atoms with Gasteiger partial charge >= 0.3 is 11.9 Å².